The second kappa shape index (κ2) is 15.9. The Morgan fingerprint density at radius 3 is 1.56 bits per heavy atom. The van der Waals surface area contributed by atoms with Gasteiger partial charge in [0.25, 0.3) is 0 Å². The van der Waals surface area contributed by atoms with Crippen LogP contribution in [-0.2, 0) is 4.74 Å². The third-order valence-corrected chi connectivity index (χ3v) is 0.827. The summed E-state index contributed by atoms with van der Waals surface area (Å²) in [5, 5.41) is 0. The van der Waals surface area contributed by atoms with Crippen LogP contribution in [0.2, 0.25) is 0 Å². The molecule has 0 aromatic heterocycles. The molecule has 3 heteroatoms. The molecule has 0 spiro atoms. The maximum Gasteiger partial charge on any atom is 2.00 e. The van der Waals surface area contributed by atoms with Crippen LogP contribution in [-0.4, -0.2) is 36.3 Å². The van der Waals surface area contributed by atoms with Crippen LogP contribution >= 0.6 is 0 Å². The molecule has 0 radical (unpaired) electrons. The van der Waals surface area contributed by atoms with Gasteiger partial charge in [0, 0.05) is 13.2 Å². The first kappa shape index (κ1) is 16.4. The van der Waals surface area contributed by atoms with E-state index in [1.54, 1.807) is 0 Å². The number of rotatable bonds is 0. The van der Waals surface area contributed by atoms with Gasteiger partial charge in [-0.1, -0.05) is 0 Å². The van der Waals surface area contributed by atoms with E-state index in [-0.39, 0.29) is 35.5 Å². The van der Waals surface area contributed by atoms with Crippen LogP contribution in [0.25, 0.3) is 0 Å². The van der Waals surface area contributed by atoms with Gasteiger partial charge in [-0.25, -0.2) is 0 Å². The quantitative estimate of drug-likeness (QED) is 0.294. The topological polar surface area (TPSA) is 9.23 Å². The summed E-state index contributed by atoms with van der Waals surface area (Å²) in [5.74, 6) is 0. The van der Waals surface area contributed by atoms with E-state index in [1.165, 1.54) is 12.8 Å². The molecular weight excluding hydrogens is 148 g/mol. The molecule has 0 bridgehead atoms. The fourth-order valence-corrected chi connectivity index (χ4v) is 0.510. The second-order valence-corrected chi connectivity index (χ2v) is 1.32. The molecule has 0 aromatic carbocycles. The maximum atomic E-state index is 4.94. The first-order valence-corrected chi connectivity index (χ1v) is 2.49. The Morgan fingerprint density at radius 1 is 1.11 bits per heavy atom. The van der Waals surface area contributed by atoms with Crippen molar-refractivity contribution < 1.29 is 17.1 Å². The van der Waals surface area contributed by atoms with E-state index in [2.05, 4.69) is 13.2 Å². The van der Waals surface area contributed by atoms with Gasteiger partial charge >= 0.3 is 23.1 Å². The molecule has 0 atom stereocenters. The molecule has 1 nitrogen and oxygen atoms in total. The van der Waals surface area contributed by atoms with Crippen molar-refractivity contribution in [2.75, 3.05) is 13.2 Å². The van der Waals surface area contributed by atoms with Crippen LogP contribution in [0.4, 0.5) is 0 Å². The second-order valence-electron chi connectivity index (χ2n) is 1.32. The summed E-state index contributed by atoms with van der Waals surface area (Å²) >= 11 is 0. The van der Waals surface area contributed by atoms with Crippen molar-refractivity contribution in [2.24, 2.45) is 0 Å². The first-order chi connectivity index (χ1) is 3.50. The third-order valence-electron chi connectivity index (χ3n) is 0.827. The van der Waals surface area contributed by atoms with Gasteiger partial charge in [-0.15, -0.1) is 0 Å². The van der Waals surface area contributed by atoms with E-state index in [0.29, 0.717) is 0 Å². The van der Waals surface area contributed by atoms with Gasteiger partial charge in [-0.2, -0.15) is 0 Å². The van der Waals surface area contributed by atoms with Crippen LogP contribution in [0.15, 0.2) is 6.58 Å². The number of hydrogen-bond acceptors (Lipinski definition) is 1. The molecule has 0 aliphatic carbocycles. The van der Waals surface area contributed by atoms with Gasteiger partial charge in [-0.05, 0) is 12.8 Å². The normalized spacial score (nSPS) is 13.8. The Morgan fingerprint density at radius 2 is 1.44 bits per heavy atom. The van der Waals surface area contributed by atoms with E-state index in [4.69, 9.17) is 4.74 Å². The zero-order chi connectivity index (χ0) is 5.54. The largest absolute Gasteiger partial charge is 2.00 e. The Balaban J connectivity index is -0.0000000836. The van der Waals surface area contributed by atoms with E-state index >= 15 is 0 Å². The number of halogens is 1. The van der Waals surface area contributed by atoms with Gasteiger partial charge in [0.1, 0.15) is 0 Å². The summed E-state index contributed by atoms with van der Waals surface area (Å²) in [4.78, 5) is 0. The fourth-order valence-electron chi connectivity index (χ4n) is 0.510. The summed E-state index contributed by atoms with van der Waals surface area (Å²) in [6.07, 6.45) is 2.56. The van der Waals surface area contributed by atoms with Crippen LogP contribution in [0.1, 0.15) is 12.8 Å². The molecule has 1 aliphatic rings. The van der Waals surface area contributed by atoms with E-state index in [0.717, 1.165) is 13.2 Å². The number of ether oxygens (including phenoxy) is 1. The van der Waals surface area contributed by atoms with Crippen LogP contribution in [0, 0.1) is 6.58 Å². The first-order valence-electron chi connectivity index (χ1n) is 2.49. The van der Waals surface area contributed by atoms with E-state index in [1.807, 2.05) is 0 Å². The van der Waals surface area contributed by atoms with Gasteiger partial charge < -0.3 is 23.7 Å². The monoisotopic (exact) mass is 158 g/mol. The van der Waals surface area contributed by atoms with Gasteiger partial charge in [0.15, 0.2) is 0 Å². The molecule has 50 valence electrons. The van der Waals surface area contributed by atoms with E-state index < -0.39 is 0 Å². The van der Waals surface area contributed by atoms with E-state index in [9.17, 15) is 0 Å². The molecule has 0 aromatic rings. The molecule has 1 saturated heterocycles. The van der Waals surface area contributed by atoms with Crippen molar-refractivity contribution in [3.8, 4) is 0 Å². The van der Waals surface area contributed by atoms with Crippen molar-refractivity contribution in [1.29, 1.82) is 0 Å². The molecular formula is C6H11ClMgO. The maximum absolute atomic E-state index is 4.94. The predicted molar refractivity (Wildman–Crippen MR) is 35.7 cm³/mol. The SMILES string of the molecule is C1CCOC1.[CH-]=C.[Cl-].[Mg+2]. The van der Waals surface area contributed by atoms with Gasteiger partial charge in [0.2, 0.25) is 0 Å². The van der Waals surface area contributed by atoms with Crippen LogP contribution in [0.5, 0.6) is 0 Å². The summed E-state index contributed by atoms with van der Waals surface area (Å²) in [6.45, 7) is 9.00. The van der Waals surface area contributed by atoms with Gasteiger partial charge in [-0.3, -0.25) is 6.58 Å². The Hall–Kier alpha value is 0.756. The molecule has 9 heavy (non-hydrogen) atoms. The van der Waals surface area contributed by atoms with Crippen LogP contribution in [0.3, 0.4) is 0 Å². The fraction of sp³-hybridized carbons (Fsp3) is 0.667. The minimum Gasteiger partial charge on any atom is -1.00 e. The third kappa shape index (κ3) is 12.1. The minimum atomic E-state index is 0. The average molecular weight is 159 g/mol. The standard InChI is InChI=1S/C4H8O.C2H3.ClH.Mg/c1-2-4-5-3-1;1-2;;/h1-4H2;1H,2H2;1H;/q;-1;;+2/p-1. The minimum absolute atomic E-state index is 0. The molecule has 1 aliphatic heterocycles. The zero-order valence-corrected chi connectivity index (χ0v) is 7.78. The summed E-state index contributed by atoms with van der Waals surface area (Å²) in [6, 6.07) is 0. The summed E-state index contributed by atoms with van der Waals surface area (Å²) in [7, 11) is 0. The van der Waals surface area contributed by atoms with Crippen molar-refractivity contribution in [3.05, 3.63) is 13.2 Å². The average Bonchev–Trinajstić information content (AvgIpc) is 2.23. The van der Waals surface area contributed by atoms with Crippen molar-refractivity contribution >= 4 is 23.1 Å². The summed E-state index contributed by atoms with van der Waals surface area (Å²) < 4.78 is 4.94. The summed E-state index contributed by atoms with van der Waals surface area (Å²) in [5.41, 5.74) is 0. The zero-order valence-electron chi connectivity index (χ0n) is 5.61. The van der Waals surface area contributed by atoms with Crippen LogP contribution < -0.4 is 12.4 Å². The Kier molecular flexibility index (Phi) is 28.9. The molecule has 0 saturated carbocycles. The number of hydrogen-bond donors (Lipinski definition) is 0. The Bertz CT molecular complexity index is 32.4. The van der Waals surface area contributed by atoms with Crippen molar-refractivity contribution in [2.45, 2.75) is 12.8 Å². The molecule has 1 heterocycles. The van der Waals surface area contributed by atoms with Crippen molar-refractivity contribution in [3.63, 3.8) is 0 Å². The predicted octanol–water partition coefficient (Wildman–Crippen LogP) is -1.97. The molecule has 0 unspecified atom stereocenters. The molecule has 0 N–H and O–H groups in total. The molecule has 1 fully saturated rings. The van der Waals surface area contributed by atoms with Crippen molar-refractivity contribution in [1.82, 2.24) is 0 Å². The Labute approximate surface area is 79.4 Å². The molecule has 1 rings (SSSR count). The van der Waals surface area contributed by atoms with Gasteiger partial charge in [0.05, 0.1) is 0 Å². The molecule has 0 amide bonds. The smallest absolute Gasteiger partial charge is 1.00 e.